The van der Waals surface area contributed by atoms with E-state index in [2.05, 4.69) is 20.7 Å². The van der Waals surface area contributed by atoms with Crippen LogP contribution in [0.3, 0.4) is 0 Å². The number of thioether (sulfide) groups is 1. The third-order valence-corrected chi connectivity index (χ3v) is 5.77. The summed E-state index contributed by atoms with van der Waals surface area (Å²) in [7, 11) is 0. The highest BCUT2D eigenvalue weighted by molar-refractivity contribution is 8.00. The first-order valence-electron chi connectivity index (χ1n) is 8.88. The lowest BCUT2D eigenvalue weighted by Crippen LogP contribution is -2.28. The number of anilines is 1. The topological polar surface area (TPSA) is 88.9 Å². The van der Waals surface area contributed by atoms with E-state index in [1.165, 1.54) is 18.1 Å². The van der Waals surface area contributed by atoms with Gasteiger partial charge in [-0.15, -0.1) is 11.8 Å². The molecule has 0 spiro atoms. The second-order valence-corrected chi connectivity index (χ2v) is 7.97. The lowest BCUT2D eigenvalue weighted by atomic mass is 10.1. The van der Waals surface area contributed by atoms with Gasteiger partial charge in [0.2, 0.25) is 5.91 Å². The fraction of sp³-hybridized carbons (Fsp3) is 0.200. The van der Waals surface area contributed by atoms with E-state index >= 15 is 0 Å². The largest absolute Gasteiger partial charge is 0.346 e. The van der Waals surface area contributed by atoms with Crippen molar-refractivity contribution in [3.8, 4) is 5.69 Å². The van der Waals surface area contributed by atoms with Crippen molar-refractivity contribution in [1.82, 2.24) is 20.1 Å². The van der Waals surface area contributed by atoms with Crippen molar-refractivity contribution in [2.75, 3.05) is 5.32 Å². The van der Waals surface area contributed by atoms with Crippen LogP contribution in [0, 0.1) is 0 Å². The molecule has 2 atom stereocenters. The van der Waals surface area contributed by atoms with Crippen molar-refractivity contribution in [3.05, 3.63) is 66.2 Å². The quantitative estimate of drug-likeness (QED) is 0.711. The molecule has 3 aromatic rings. The fourth-order valence-corrected chi connectivity index (χ4v) is 3.90. The Morgan fingerprint density at radius 3 is 2.75 bits per heavy atom. The standard InChI is InChI=1S/C20H19N5O2S/c1-12(14-3-6-16(7-4-14)25-11-21-10-22-25)23-20(27)15-5-8-18-17(9-15)24-19(26)13(2)28-18/h3-13H,1-2H3,(H,23,27)(H,24,26)/t12-,13-/m0/s1. The minimum Gasteiger partial charge on any atom is -0.346 e. The molecule has 7 nitrogen and oxygen atoms in total. The van der Waals surface area contributed by atoms with E-state index in [1.807, 2.05) is 44.2 Å². The molecule has 0 radical (unpaired) electrons. The SMILES string of the molecule is C[C@@H]1Sc2ccc(C(=O)N[C@@H](C)c3ccc(-n4cncn4)cc3)cc2NC1=O. The Kier molecular flexibility index (Phi) is 4.87. The third kappa shape index (κ3) is 3.63. The van der Waals surface area contributed by atoms with E-state index < -0.39 is 0 Å². The molecule has 142 valence electrons. The summed E-state index contributed by atoms with van der Waals surface area (Å²) < 4.78 is 1.67. The van der Waals surface area contributed by atoms with Gasteiger partial charge in [-0.25, -0.2) is 9.67 Å². The maximum atomic E-state index is 12.7. The molecule has 0 saturated carbocycles. The number of rotatable bonds is 4. The van der Waals surface area contributed by atoms with Gasteiger partial charge in [-0.2, -0.15) is 5.10 Å². The molecular weight excluding hydrogens is 374 g/mol. The molecule has 1 aliphatic rings. The van der Waals surface area contributed by atoms with E-state index in [9.17, 15) is 9.59 Å². The van der Waals surface area contributed by atoms with E-state index in [0.717, 1.165) is 16.1 Å². The summed E-state index contributed by atoms with van der Waals surface area (Å²) in [5.41, 5.74) is 3.08. The number of fused-ring (bicyclic) bond motifs is 1. The molecule has 2 aromatic carbocycles. The molecule has 0 saturated heterocycles. The number of hydrogen-bond acceptors (Lipinski definition) is 5. The Labute approximate surface area is 166 Å². The molecule has 1 aromatic heterocycles. The first-order valence-corrected chi connectivity index (χ1v) is 9.76. The summed E-state index contributed by atoms with van der Waals surface area (Å²) in [6.07, 6.45) is 3.12. The summed E-state index contributed by atoms with van der Waals surface area (Å²) in [6, 6.07) is 13.0. The van der Waals surface area contributed by atoms with Crippen LogP contribution in [0.1, 0.15) is 35.8 Å². The highest BCUT2D eigenvalue weighted by Crippen LogP contribution is 2.36. The molecule has 8 heteroatoms. The van der Waals surface area contributed by atoms with Crippen molar-refractivity contribution in [1.29, 1.82) is 0 Å². The Morgan fingerprint density at radius 1 is 1.25 bits per heavy atom. The maximum absolute atomic E-state index is 12.7. The zero-order chi connectivity index (χ0) is 19.7. The molecule has 0 bridgehead atoms. The van der Waals surface area contributed by atoms with Gasteiger partial charge in [-0.1, -0.05) is 12.1 Å². The molecule has 2 N–H and O–H groups in total. The monoisotopic (exact) mass is 393 g/mol. The number of nitrogens with zero attached hydrogens (tertiary/aromatic N) is 3. The van der Waals surface area contributed by atoms with Crippen molar-refractivity contribution in [2.45, 2.75) is 30.0 Å². The lowest BCUT2D eigenvalue weighted by molar-refractivity contribution is -0.115. The van der Waals surface area contributed by atoms with Crippen LogP contribution in [0.25, 0.3) is 5.69 Å². The maximum Gasteiger partial charge on any atom is 0.251 e. The Morgan fingerprint density at radius 2 is 2.04 bits per heavy atom. The van der Waals surface area contributed by atoms with Gasteiger partial charge in [0.25, 0.3) is 5.91 Å². The minimum atomic E-state index is -0.187. The smallest absolute Gasteiger partial charge is 0.251 e. The second-order valence-electron chi connectivity index (χ2n) is 6.59. The molecule has 0 unspecified atom stereocenters. The molecular formula is C20H19N5O2S. The number of aromatic nitrogens is 3. The van der Waals surface area contributed by atoms with Crippen molar-refractivity contribution in [2.24, 2.45) is 0 Å². The van der Waals surface area contributed by atoms with Gasteiger partial charge < -0.3 is 10.6 Å². The third-order valence-electron chi connectivity index (χ3n) is 4.60. The molecule has 1 aliphatic heterocycles. The number of amides is 2. The minimum absolute atomic E-state index is 0.0455. The molecule has 2 amide bonds. The average Bonchev–Trinajstić information content (AvgIpc) is 3.23. The summed E-state index contributed by atoms with van der Waals surface area (Å²) >= 11 is 1.50. The van der Waals surface area contributed by atoms with E-state index in [4.69, 9.17) is 0 Å². The van der Waals surface area contributed by atoms with Gasteiger partial charge in [0.05, 0.1) is 22.7 Å². The zero-order valence-corrected chi connectivity index (χ0v) is 16.2. The van der Waals surface area contributed by atoms with Gasteiger partial charge in [0, 0.05) is 10.5 Å². The molecule has 28 heavy (non-hydrogen) atoms. The van der Waals surface area contributed by atoms with Crippen molar-refractivity contribution < 1.29 is 9.59 Å². The van der Waals surface area contributed by atoms with Crippen molar-refractivity contribution >= 4 is 29.3 Å². The number of carbonyl (C=O) groups is 2. The fourth-order valence-electron chi connectivity index (χ4n) is 2.97. The zero-order valence-electron chi connectivity index (χ0n) is 15.4. The van der Waals surface area contributed by atoms with Crippen LogP contribution in [0.2, 0.25) is 0 Å². The van der Waals surface area contributed by atoms with Gasteiger partial charge in [0.15, 0.2) is 0 Å². The van der Waals surface area contributed by atoms with Crippen molar-refractivity contribution in [3.63, 3.8) is 0 Å². The van der Waals surface area contributed by atoms with E-state index in [-0.39, 0.29) is 23.1 Å². The molecule has 2 heterocycles. The molecule has 0 aliphatic carbocycles. The Hall–Kier alpha value is -3.13. The first-order chi connectivity index (χ1) is 13.5. The van der Waals surface area contributed by atoms with Gasteiger partial charge >= 0.3 is 0 Å². The van der Waals surface area contributed by atoms with Crippen LogP contribution in [0.15, 0.2) is 60.0 Å². The average molecular weight is 393 g/mol. The number of carbonyl (C=O) groups excluding carboxylic acids is 2. The number of nitrogens with one attached hydrogen (secondary N) is 2. The summed E-state index contributed by atoms with van der Waals surface area (Å²) in [5.74, 6) is -0.232. The Balaban J connectivity index is 1.46. The molecule has 4 rings (SSSR count). The summed E-state index contributed by atoms with van der Waals surface area (Å²) in [5, 5.41) is 9.82. The van der Waals surface area contributed by atoms with Gasteiger partial charge in [-0.05, 0) is 49.7 Å². The predicted molar refractivity (Wildman–Crippen MR) is 108 cm³/mol. The van der Waals surface area contributed by atoms with Crippen LogP contribution in [0.4, 0.5) is 5.69 Å². The number of benzene rings is 2. The summed E-state index contributed by atoms with van der Waals surface area (Å²) in [4.78, 5) is 29.4. The van der Waals surface area contributed by atoms with Gasteiger partial charge in [-0.3, -0.25) is 9.59 Å². The predicted octanol–water partition coefficient (Wildman–Crippen LogP) is 3.19. The van der Waals surface area contributed by atoms with Crippen LogP contribution < -0.4 is 10.6 Å². The Bertz CT molecular complexity index is 1020. The van der Waals surface area contributed by atoms with Crippen LogP contribution in [0.5, 0.6) is 0 Å². The van der Waals surface area contributed by atoms with Gasteiger partial charge in [0.1, 0.15) is 12.7 Å². The highest BCUT2D eigenvalue weighted by Gasteiger charge is 2.24. The van der Waals surface area contributed by atoms with E-state index in [1.54, 1.807) is 23.1 Å². The van der Waals surface area contributed by atoms with Crippen LogP contribution in [-0.2, 0) is 4.79 Å². The van der Waals surface area contributed by atoms with Crippen LogP contribution >= 0.6 is 11.8 Å². The normalized spacial score (nSPS) is 16.8. The van der Waals surface area contributed by atoms with E-state index in [0.29, 0.717) is 11.3 Å². The summed E-state index contributed by atoms with van der Waals surface area (Å²) in [6.45, 7) is 3.79. The second kappa shape index (κ2) is 7.47. The highest BCUT2D eigenvalue weighted by atomic mass is 32.2. The lowest BCUT2D eigenvalue weighted by Gasteiger charge is -2.22. The first kappa shape index (κ1) is 18.2. The number of hydrogen-bond donors (Lipinski definition) is 2. The molecule has 0 fully saturated rings. The van der Waals surface area contributed by atoms with Crippen LogP contribution in [-0.4, -0.2) is 31.8 Å².